The van der Waals surface area contributed by atoms with Crippen LogP contribution in [-0.4, -0.2) is 28.6 Å². The molecule has 1 aliphatic heterocycles. The van der Waals surface area contributed by atoms with Gasteiger partial charge in [0.25, 0.3) is 5.91 Å². The Balaban J connectivity index is 1.58. The molecule has 2 aliphatic rings. The molecule has 2 heterocycles. The fourth-order valence-electron chi connectivity index (χ4n) is 5.00. The van der Waals surface area contributed by atoms with Crippen molar-refractivity contribution >= 4 is 17.5 Å². The molecule has 0 unspecified atom stereocenters. The van der Waals surface area contributed by atoms with Crippen LogP contribution in [-0.2, 0) is 0 Å². The number of halogens is 1. The molecule has 5 heteroatoms. The van der Waals surface area contributed by atoms with E-state index >= 15 is 0 Å². The lowest BCUT2D eigenvalue weighted by atomic mass is 9.65. The van der Waals surface area contributed by atoms with Crippen molar-refractivity contribution in [1.82, 2.24) is 10.1 Å². The molecule has 0 N–H and O–H groups in total. The van der Waals surface area contributed by atoms with Crippen molar-refractivity contribution in [3.63, 3.8) is 0 Å². The summed E-state index contributed by atoms with van der Waals surface area (Å²) in [6.07, 6.45) is 3.29. The number of fused-ring (bicyclic) bond motifs is 2. The first-order valence-corrected chi connectivity index (χ1v) is 9.16. The van der Waals surface area contributed by atoms with E-state index in [1.54, 1.807) is 12.1 Å². The first-order valence-electron chi connectivity index (χ1n) is 8.78. The van der Waals surface area contributed by atoms with Crippen LogP contribution in [0.4, 0.5) is 0 Å². The van der Waals surface area contributed by atoms with Crippen molar-refractivity contribution in [3.05, 3.63) is 41.0 Å². The Kier molecular flexibility index (Phi) is 3.73. The molecule has 1 aliphatic carbocycles. The summed E-state index contributed by atoms with van der Waals surface area (Å²) < 4.78 is 5.41. The predicted octanol–water partition coefficient (Wildman–Crippen LogP) is 5.04. The van der Waals surface area contributed by atoms with Gasteiger partial charge in [-0.25, -0.2) is 0 Å². The molecule has 25 heavy (non-hydrogen) atoms. The molecule has 4 nitrogen and oxygen atoms in total. The van der Waals surface area contributed by atoms with Gasteiger partial charge in [-0.15, -0.1) is 0 Å². The Hall–Kier alpha value is -1.81. The average Bonchev–Trinajstić information content (AvgIpc) is 3.08. The van der Waals surface area contributed by atoms with Crippen LogP contribution >= 0.6 is 11.6 Å². The van der Waals surface area contributed by atoms with Gasteiger partial charge in [-0.05, 0) is 42.2 Å². The van der Waals surface area contributed by atoms with Crippen molar-refractivity contribution in [2.75, 3.05) is 6.54 Å². The number of aromatic nitrogens is 1. The second kappa shape index (κ2) is 5.60. The highest BCUT2D eigenvalue weighted by molar-refractivity contribution is 6.30. The molecule has 1 aromatic heterocycles. The lowest BCUT2D eigenvalue weighted by Gasteiger charge is -2.39. The number of nitrogens with zero attached hydrogens (tertiary/aromatic N) is 2. The first-order chi connectivity index (χ1) is 11.7. The van der Waals surface area contributed by atoms with Gasteiger partial charge in [0.15, 0.2) is 11.5 Å². The van der Waals surface area contributed by atoms with Crippen molar-refractivity contribution in [2.45, 2.75) is 46.1 Å². The minimum atomic E-state index is -0.0246. The summed E-state index contributed by atoms with van der Waals surface area (Å²) in [5.41, 5.74) is 1.69. The lowest BCUT2D eigenvalue weighted by molar-refractivity contribution is 0.0698. The van der Waals surface area contributed by atoms with Gasteiger partial charge in [0.2, 0.25) is 0 Å². The van der Waals surface area contributed by atoms with Gasteiger partial charge < -0.3 is 9.42 Å². The highest BCUT2D eigenvalue weighted by Crippen LogP contribution is 2.52. The van der Waals surface area contributed by atoms with E-state index in [4.69, 9.17) is 16.1 Å². The number of hydrogen-bond acceptors (Lipinski definition) is 3. The summed E-state index contributed by atoms with van der Waals surface area (Å²) in [5.74, 6) is 0.544. The summed E-state index contributed by atoms with van der Waals surface area (Å²) >= 11 is 6.03. The molecule has 132 valence electrons. The van der Waals surface area contributed by atoms with Crippen LogP contribution in [0.3, 0.4) is 0 Å². The van der Waals surface area contributed by atoms with Crippen LogP contribution in [0.25, 0.3) is 11.3 Å². The molecule has 0 spiro atoms. The smallest absolute Gasteiger partial charge is 0.276 e. The third-order valence-electron chi connectivity index (χ3n) is 5.51. The number of hydrogen-bond donors (Lipinski definition) is 0. The molecule has 2 aromatic rings. The number of carbonyl (C=O) groups is 1. The van der Waals surface area contributed by atoms with E-state index in [2.05, 4.69) is 25.9 Å². The molecule has 2 atom stereocenters. The number of benzene rings is 1. The van der Waals surface area contributed by atoms with Gasteiger partial charge >= 0.3 is 0 Å². The van der Waals surface area contributed by atoms with E-state index in [-0.39, 0.29) is 16.7 Å². The monoisotopic (exact) mass is 358 g/mol. The zero-order valence-corrected chi connectivity index (χ0v) is 15.6. The summed E-state index contributed by atoms with van der Waals surface area (Å²) in [4.78, 5) is 15.0. The predicted molar refractivity (Wildman–Crippen MR) is 97.5 cm³/mol. The fourth-order valence-corrected chi connectivity index (χ4v) is 5.19. The normalized spacial score (nSPS) is 27.5. The van der Waals surface area contributed by atoms with E-state index in [1.807, 2.05) is 23.1 Å². The minimum absolute atomic E-state index is 0.0246. The Morgan fingerprint density at radius 3 is 2.84 bits per heavy atom. The zero-order chi connectivity index (χ0) is 17.8. The average molecular weight is 359 g/mol. The lowest BCUT2D eigenvalue weighted by Crippen LogP contribution is -2.37. The molecular formula is C20H23ClN2O2. The molecule has 1 saturated carbocycles. The minimum Gasteiger partial charge on any atom is -0.355 e. The van der Waals surface area contributed by atoms with Crippen molar-refractivity contribution in [2.24, 2.45) is 10.8 Å². The zero-order valence-electron chi connectivity index (χ0n) is 14.9. The second-order valence-corrected chi connectivity index (χ2v) is 9.17. The number of likely N-dealkylation sites (tertiary alicyclic amines) is 1. The van der Waals surface area contributed by atoms with Gasteiger partial charge in [0.1, 0.15) is 0 Å². The molecule has 0 radical (unpaired) electrons. The fraction of sp³-hybridized carbons (Fsp3) is 0.500. The first kappa shape index (κ1) is 16.6. The third-order valence-corrected chi connectivity index (χ3v) is 5.75. The van der Waals surface area contributed by atoms with Gasteiger partial charge in [-0.2, -0.15) is 0 Å². The SMILES string of the molecule is CC1(C)C[C@H]2C[C@@](C)(CN2C(=O)c2cc(-c3cccc(Cl)c3)on2)C1. The van der Waals surface area contributed by atoms with Crippen molar-refractivity contribution < 1.29 is 9.32 Å². The van der Waals surface area contributed by atoms with E-state index < -0.39 is 0 Å². The Labute approximate surface area is 153 Å². The van der Waals surface area contributed by atoms with Crippen molar-refractivity contribution in [3.8, 4) is 11.3 Å². The van der Waals surface area contributed by atoms with Crippen LogP contribution in [0.1, 0.15) is 50.5 Å². The quantitative estimate of drug-likeness (QED) is 0.755. The molecule has 1 amide bonds. The molecule has 1 saturated heterocycles. The Bertz CT molecular complexity index is 829. The molecule has 2 fully saturated rings. The van der Waals surface area contributed by atoms with Gasteiger partial charge in [-0.1, -0.05) is 49.7 Å². The van der Waals surface area contributed by atoms with E-state index in [9.17, 15) is 4.79 Å². The van der Waals surface area contributed by atoms with Crippen LogP contribution in [0, 0.1) is 10.8 Å². The summed E-state index contributed by atoms with van der Waals surface area (Å²) in [6, 6.07) is 9.39. The van der Waals surface area contributed by atoms with Crippen molar-refractivity contribution in [1.29, 1.82) is 0 Å². The van der Waals surface area contributed by atoms with E-state index in [1.165, 1.54) is 0 Å². The van der Waals surface area contributed by atoms with E-state index in [0.717, 1.165) is 31.4 Å². The number of amides is 1. The maximum absolute atomic E-state index is 13.0. The van der Waals surface area contributed by atoms with Gasteiger partial charge in [-0.3, -0.25) is 4.79 Å². The molecule has 1 aromatic carbocycles. The topological polar surface area (TPSA) is 46.3 Å². The highest BCUT2D eigenvalue weighted by Gasteiger charge is 2.51. The Morgan fingerprint density at radius 1 is 1.28 bits per heavy atom. The maximum atomic E-state index is 13.0. The third kappa shape index (κ3) is 3.08. The van der Waals surface area contributed by atoms with Crippen LogP contribution in [0.15, 0.2) is 34.9 Å². The highest BCUT2D eigenvalue weighted by atomic mass is 35.5. The number of rotatable bonds is 2. The largest absolute Gasteiger partial charge is 0.355 e. The summed E-state index contributed by atoms with van der Waals surface area (Å²) in [7, 11) is 0. The van der Waals surface area contributed by atoms with Gasteiger partial charge in [0, 0.05) is 29.2 Å². The second-order valence-electron chi connectivity index (χ2n) is 8.73. The van der Waals surface area contributed by atoms with Crippen LogP contribution in [0.2, 0.25) is 5.02 Å². The number of carbonyl (C=O) groups excluding carboxylic acids is 1. The Morgan fingerprint density at radius 2 is 2.08 bits per heavy atom. The molecular weight excluding hydrogens is 336 g/mol. The summed E-state index contributed by atoms with van der Waals surface area (Å²) in [5, 5.41) is 4.66. The van der Waals surface area contributed by atoms with Crippen LogP contribution in [0.5, 0.6) is 0 Å². The molecule has 4 rings (SSSR count). The van der Waals surface area contributed by atoms with Gasteiger partial charge in [0.05, 0.1) is 0 Å². The van der Waals surface area contributed by atoms with Crippen LogP contribution < -0.4 is 0 Å². The standard InChI is InChI=1S/C20H23ClN2O2/c1-19(2)9-15-10-20(3,11-19)12-23(15)18(24)16-8-17(25-22-16)13-5-4-6-14(21)7-13/h4-8,15H,9-12H2,1-3H3/t15-,20+/m0/s1. The van der Waals surface area contributed by atoms with E-state index in [0.29, 0.717) is 22.5 Å². The summed E-state index contributed by atoms with van der Waals surface area (Å²) in [6.45, 7) is 7.71. The molecule has 2 bridgehead atoms. The maximum Gasteiger partial charge on any atom is 0.276 e.